The van der Waals surface area contributed by atoms with Gasteiger partial charge in [-0.15, -0.1) is 23.5 Å². The third kappa shape index (κ3) is 8.30. The molecule has 110 valence electrons. The van der Waals surface area contributed by atoms with E-state index in [4.69, 9.17) is 4.52 Å². The molecule has 0 radical (unpaired) electrons. The molecule has 0 aromatic heterocycles. The predicted molar refractivity (Wildman–Crippen MR) is 92.2 cm³/mol. The zero-order chi connectivity index (χ0) is 14.0. The van der Waals surface area contributed by atoms with E-state index in [9.17, 15) is 0 Å². The summed E-state index contributed by atoms with van der Waals surface area (Å²) in [5.41, 5.74) is 0. The van der Waals surface area contributed by atoms with Crippen LogP contribution in [0.4, 0.5) is 0 Å². The summed E-state index contributed by atoms with van der Waals surface area (Å²) in [5, 5.41) is 0.285. The number of rotatable bonds is 10. The Balaban J connectivity index is 4.39. The van der Waals surface area contributed by atoms with Gasteiger partial charge in [-0.1, -0.05) is 47.5 Å². The highest BCUT2D eigenvalue weighted by Gasteiger charge is 2.33. The molecule has 18 heavy (non-hydrogen) atoms. The second kappa shape index (κ2) is 10.8. The van der Waals surface area contributed by atoms with Crippen LogP contribution in [-0.4, -0.2) is 28.1 Å². The molecule has 1 unspecified atom stereocenters. The summed E-state index contributed by atoms with van der Waals surface area (Å²) in [6, 6.07) is 0. The van der Waals surface area contributed by atoms with Crippen molar-refractivity contribution in [3.8, 4) is 0 Å². The molecular formula is C14H31OPS2. The van der Waals surface area contributed by atoms with Gasteiger partial charge in [0.1, 0.15) is 0 Å². The van der Waals surface area contributed by atoms with Crippen molar-refractivity contribution in [3.63, 3.8) is 0 Å². The molecule has 0 aliphatic rings. The van der Waals surface area contributed by atoms with Crippen LogP contribution in [0.15, 0.2) is 0 Å². The van der Waals surface area contributed by atoms with Crippen LogP contribution in [-0.2, 0) is 4.52 Å². The minimum absolute atomic E-state index is 0.285. The van der Waals surface area contributed by atoms with Crippen molar-refractivity contribution in [2.24, 2.45) is 0 Å². The summed E-state index contributed by atoms with van der Waals surface area (Å²) in [4.78, 5) is 0. The first-order valence-electron chi connectivity index (χ1n) is 7.04. The van der Waals surface area contributed by atoms with Crippen LogP contribution in [0.25, 0.3) is 0 Å². The minimum Gasteiger partial charge on any atom is -0.360 e. The van der Waals surface area contributed by atoms with E-state index >= 15 is 0 Å². The molecule has 0 saturated carbocycles. The number of hydrogen-bond donors (Lipinski definition) is 0. The normalized spacial score (nSPS) is 14.2. The van der Waals surface area contributed by atoms with Gasteiger partial charge in [-0.25, -0.2) is 0 Å². The number of thioether (sulfide) groups is 2. The van der Waals surface area contributed by atoms with Gasteiger partial charge in [-0.3, -0.25) is 0 Å². The number of unbranched alkanes of at least 4 members (excludes halogenated alkanes) is 2. The van der Waals surface area contributed by atoms with E-state index in [0.717, 1.165) is 0 Å². The zero-order valence-corrected chi connectivity index (χ0v) is 15.5. The highest BCUT2D eigenvalue weighted by molar-refractivity contribution is 8.23. The van der Waals surface area contributed by atoms with Gasteiger partial charge in [0.05, 0.1) is 12.5 Å². The second-order valence-electron chi connectivity index (χ2n) is 5.43. The molecule has 0 spiro atoms. The Morgan fingerprint density at radius 2 is 1.44 bits per heavy atom. The third-order valence-corrected chi connectivity index (χ3v) is 9.14. The van der Waals surface area contributed by atoms with E-state index in [1.807, 2.05) is 7.11 Å². The van der Waals surface area contributed by atoms with Crippen LogP contribution < -0.4 is 0 Å². The molecule has 0 aliphatic heterocycles. The highest BCUT2D eigenvalue weighted by Crippen LogP contribution is 2.61. The molecule has 0 aromatic rings. The van der Waals surface area contributed by atoms with Gasteiger partial charge in [-0.05, 0) is 24.3 Å². The Morgan fingerprint density at radius 3 is 1.72 bits per heavy atom. The maximum Gasteiger partial charge on any atom is 0.0946 e. The van der Waals surface area contributed by atoms with Crippen LogP contribution in [0, 0.1) is 0 Å². The summed E-state index contributed by atoms with van der Waals surface area (Å²) >= 11 is 4.25. The maximum atomic E-state index is 5.86. The van der Waals surface area contributed by atoms with E-state index in [1.54, 1.807) is 0 Å². The first-order valence-corrected chi connectivity index (χ1v) is 10.5. The van der Waals surface area contributed by atoms with Crippen LogP contribution in [0.1, 0.15) is 60.3 Å². The van der Waals surface area contributed by atoms with Gasteiger partial charge in [0, 0.05) is 12.3 Å². The third-order valence-electron chi connectivity index (χ3n) is 2.57. The molecule has 0 fully saturated rings. The fourth-order valence-electron chi connectivity index (χ4n) is 1.52. The molecule has 0 rings (SSSR count). The Hall–Kier alpha value is 1.09. The highest BCUT2D eigenvalue weighted by atomic mass is 32.2. The van der Waals surface area contributed by atoms with Gasteiger partial charge < -0.3 is 4.52 Å². The largest absolute Gasteiger partial charge is 0.360 e. The SMILES string of the molecule is CCCCSC(SCCCC)P(OC)C(C)(C)C. The van der Waals surface area contributed by atoms with E-state index in [1.165, 1.54) is 37.2 Å². The van der Waals surface area contributed by atoms with E-state index in [2.05, 4.69) is 58.1 Å². The van der Waals surface area contributed by atoms with Gasteiger partial charge in [0.15, 0.2) is 0 Å². The van der Waals surface area contributed by atoms with Crippen molar-refractivity contribution < 1.29 is 4.52 Å². The fourth-order valence-corrected chi connectivity index (χ4v) is 9.27. The smallest absolute Gasteiger partial charge is 0.0946 e. The summed E-state index contributed by atoms with van der Waals surface area (Å²) < 4.78 is 6.50. The molecule has 1 nitrogen and oxygen atoms in total. The van der Waals surface area contributed by atoms with Crippen molar-refractivity contribution in [2.75, 3.05) is 18.6 Å². The Bertz CT molecular complexity index is 185. The average molecular weight is 311 g/mol. The van der Waals surface area contributed by atoms with Crippen molar-refractivity contribution in [3.05, 3.63) is 0 Å². The molecule has 0 amide bonds. The molecule has 0 saturated heterocycles. The van der Waals surface area contributed by atoms with Gasteiger partial charge >= 0.3 is 0 Å². The number of hydrogen-bond acceptors (Lipinski definition) is 3. The van der Waals surface area contributed by atoms with Crippen LogP contribution in [0.2, 0.25) is 0 Å². The van der Waals surface area contributed by atoms with Crippen LogP contribution in [0.3, 0.4) is 0 Å². The molecule has 0 aromatic carbocycles. The Labute approximate surface area is 124 Å². The van der Waals surface area contributed by atoms with Gasteiger partial charge in [0.2, 0.25) is 0 Å². The average Bonchev–Trinajstić information content (AvgIpc) is 2.28. The molecule has 4 heteroatoms. The minimum atomic E-state index is -0.370. The molecule has 1 atom stereocenters. The van der Waals surface area contributed by atoms with Crippen molar-refractivity contribution >= 4 is 31.7 Å². The second-order valence-corrected chi connectivity index (χ2v) is 11.7. The Kier molecular flexibility index (Phi) is 11.5. The zero-order valence-electron chi connectivity index (χ0n) is 13.0. The topological polar surface area (TPSA) is 9.23 Å². The standard InChI is InChI=1S/C14H31OPS2/c1-7-9-11-17-13(18-12-10-8-2)16(15-6)14(3,4)5/h13H,7-12H2,1-6H3. The molecule has 0 N–H and O–H groups in total. The summed E-state index contributed by atoms with van der Waals surface area (Å²) in [5.74, 6) is 2.55. The lowest BCUT2D eigenvalue weighted by Gasteiger charge is -2.35. The lowest BCUT2D eigenvalue weighted by Crippen LogP contribution is -2.18. The van der Waals surface area contributed by atoms with E-state index in [-0.39, 0.29) is 13.3 Å². The first-order chi connectivity index (χ1) is 8.47. The van der Waals surface area contributed by atoms with E-state index in [0.29, 0.717) is 4.32 Å². The predicted octanol–water partition coefficient (Wildman–Crippen LogP) is 6.18. The maximum absolute atomic E-state index is 5.86. The molecule has 0 heterocycles. The summed E-state index contributed by atoms with van der Waals surface area (Å²) in [6.45, 7) is 11.5. The van der Waals surface area contributed by atoms with Crippen molar-refractivity contribution in [2.45, 2.75) is 69.8 Å². The van der Waals surface area contributed by atoms with Crippen LogP contribution >= 0.6 is 31.7 Å². The fraction of sp³-hybridized carbons (Fsp3) is 1.00. The summed E-state index contributed by atoms with van der Waals surface area (Å²) in [7, 11) is 1.52. The quantitative estimate of drug-likeness (QED) is 0.271. The lowest BCUT2D eigenvalue weighted by molar-refractivity contribution is 0.443. The van der Waals surface area contributed by atoms with Gasteiger partial charge in [-0.2, -0.15) is 0 Å². The van der Waals surface area contributed by atoms with Gasteiger partial charge in [0.25, 0.3) is 0 Å². The first kappa shape index (κ1) is 19.1. The Morgan fingerprint density at radius 1 is 1.00 bits per heavy atom. The van der Waals surface area contributed by atoms with Crippen molar-refractivity contribution in [1.82, 2.24) is 0 Å². The molecule has 0 bridgehead atoms. The van der Waals surface area contributed by atoms with E-state index < -0.39 is 0 Å². The molecular weight excluding hydrogens is 279 g/mol. The lowest BCUT2D eigenvalue weighted by atomic mass is 10.3. The van der Waals surface area contributed by atoms with Crippen molar-refractivity contribution in [1.29, 1.82) is 0 Å². The molecule has 0 aliphatic carbocycles. The summed E-state index contributed by atoms with van der Waals surface area (Å²) in [6.07, 6.45) is 5.23. The monoisotopic (exact) mass is 310 g/mol. The van der Waals surface area contributed by atoms with Crippen LogP contribution in [0.5, 0.6) is 0 Å².